The molecule has 0 spiro atoms. The highest BCUT2D eigenvalue weighted by atomic mass is 16.5. The van der Waals surface area contributed by atoms with Crippen molar-refractivity contribution in [3.05, 3.63) is 53.6 Å². The Balaban J connectivity index is 1.96. The summed E-state index contributed by atoms with van der Waals surface area (Å²) in [6.45, 7) is 0.935. The first-order valence-corrected chi connectivity index (χ1v) is 7.88. The van der Waals surface area contributed by atoms with Gasteiger partial charge < -0.3 is 19.7 Å². The monoisotopic (exact) mass is 340 g/mol. The van der Waals surface area contributed by atoms with E-state index in [1.165, 1.54) is 0 Å². The first-order chi connectivity index (χ1) is 12.0. The summed E-state index contributed by atoms with van der Waals surface area (Å²) in [7, 11) is 5.16. The minimum Gasteiger partial charge on any atom is -0.497 e. The van der Waals surface area contributed by atoms with Gasteiger partial charge in [-0.05, 0) is 30.3 Å². The summed E-state index contributed by atoms with van der Waals surface area (Å²) >= 11 is 0. The van der Waals surface area contributed by atoms with Gasteiger partial charge in [-0.15, -0.1) is 0 Å². The first kappa shape index (κ1) is 18.3. The number of hydrogen-bond acceptors (Lipinski definition) is 4. The molecule has 6 nitrogen and oxygen atoms in total. The maximum absolute atomic E-state index is 12.2. The number of nitrogens with zero attached hydrogens (tertiary/aromatic N) is 1. The molecule has 0 aliphatic heterocycles. The van der Waals surface area contributed by atoms with Crippen LogP contribution in [0.5, 0.6) is 11.5 Å². The Morgan fingerprint density at radius 1 is 1.20 bits per heavy atom. The second-order valence-electron chi connectivity index (χ2n) is 5.73. The summed E-state index contributed by atoms with van der Waals surface area (Å²) in [4.78, 5) is 13.2. The maximum atomic E-state index is 12.2. The van der Waals surface area contributed by atoms with Crippen LogP contribution >= 0.6 is 0 Å². The average Bonchev–Trinajstić information content (AvgIpc) is 2.61. The number of nitrogens with one attached hydrogen (secondary N) is 2. The number of nitriles is 1. The molecule has 25 heavy (non-hydrogen) atoms. The second kappa shape index (κ2) is 8.71. The molecule has 0 bridgehead atoms. The van der Waals surface area contributed by atoms with Crippen LogP contribution in [0.3, 0.4) is 0 Å². The summed E-state index contributed by atoms with van der Waals surface area (Å²) in [6.07, 6.45) is 0. The Labute approximate surface area is 147 Å². The van der Waals surface area contributed by atoms with Crippen LogP contribution in [0.4, 0.5) is 5.69 Å². The van der Waals surface area contributed by atoms with Gasteiger partial charge in [0.2, 0.25) is 0 Å². The van der Waals surface area contributed by atoms with Crippen LogP contribution in [0.1, 0.15) is 11.1 Å². The summed E-state index contributed by atoms with van der Waals surface area (Å²) in [5.41, 5.74) is 2.14. The molecule has 0 aromatic heterocycles. The number of anilines is 1. The lowest BCUT2D eigenvalue weighted by Gasteiger charge is -2.16. The third-order valence-corrected chi connectivity index (χ3v) is 3.72. The number of likely N-dealkylation sites (N-methyl/N-ethyl adjacent to an activating group) is 1. The van der Waals surface area contributed by atoms with E-state index in [0.717, 1.165) is 22.0 Å². The van der Waals surface area contributed by atoms with Gasteiger partial charge in [-0.3, -0.25) is 4.79 Å². The highest BCUT2D eigenvalue weighted by Crippen LogP contribution is 2.23. The number of benzene rings is 2. The summed E-state index contributed by atoms with van der Waals surface area (Å²) in [6, 6.07) is 14.6. The normalized spacial score (nSPS) is 11.3. The minimum atomic E-state index is -0.111. The Bertz CT molecular complexity index is 784. The van der Waals surface area contributed by atoms with E-state index in [1.807, 2.05) is 25.2 Å². The van der Waals surface area contributed by atoms with Gasteiger partial charge in [0.05, 0.1) is 32.9 Å². The molecule has 6 heteroatoms. The summed E-state index contributed by atoms with van der Waals surface area (Å²) in [5.74, 6) is 1.36. The molecular weight excluding hydrogens is 318 g/mol. The van der Waals surface area contributed by atoms with Crippen LogP contribution in [0.15, 0.2) is 42.5 Å². The highest BCUT2D eigenvalue weighted by Gasteiger charge is 2.14. The smallest absolute Gasteiger partial charge is 0.279 e. The zero-order valence-corrected chi connectivity index (χ0v) is 14.6. The minimum absolute atomic E-state index is 0.111. The average molecular weight is 340 g/mol. The van der Waals surface area contributed by atoms with Gasteiger partial charge in [0.25, 0.3) is 5.91 Å². The number of ether oxygens (including phenoxy) is 2. The van der Waals surface area contributed by atoms with Crippen LogP contribution in [-0.2, 0) is 11.3 Å². The van der Waals surface area contributed by atoms with Crippen LogP contribution < -0.4 is 19.7 Å². The van der Waals surface area contributed by atoms with E-state index < -0.39 is 0 Å². The van der Waals surface area contributed by atoms with Gasteiger partial charge in [0.1, 0.15) is 18.0 Å². The topological polar surface area (TPSA) is 75.8 Å². The van der Waals surface area contributed by atoms with E-state index in [2.05, 4.69) is 11.4 Å². The van der Waals surface area contributed by atoms with E-state index in [0.29, 0.717) is 24.3 Å². The van der Waals surface area contributed by atoms with E-state index in [4.69, 9.17) is 14.7 Å². The van der Waals surface area contributed by atoms with E-state index in [9.17, 15) is 4.79 Å². The fraction of sp³-hybridized carbons (Fsp3) is 0.263. The molecule has 0 aliphatic rings. The SMILES string of the molecule is COc1ccc(C[NH+](C)CC(=O)Nc2cccc(C#N)c2)c(OC)c1. The van der Waals surface area contributed by atoms with Gasteiger partial charge >= 0.3 is 0 Å². The lowest BCUT2D eigenvalue weighted by atomic mass is 10.1. The molecule has 1 unspecified atom stereocenters. The second-order valence-corrected chi connectivity index (χ2v) is 5.73. The molecule has 1 atom stereocenters. The van der Waals surface area contributed by atoms with Crippen LogP contribution in [0, 0.1) is 11.3 Å². The van der Waals surface area contributed by atoms with Gasteiger partial charge in [0, 0.05) is 17.3 Å². The summed E-state index contributed by atoms with van der Waals surface area (Å²) < 4.78 is 10.6. The van der Waals surface area contributed by atoms with Crippen LogP contribution in [-0.4, -0.2) is 33.7 Å². The lowest BCUT2D eigenvalue weighted by Crippen LogP contribution is -3.08. The molecule has 2 aromatic rings. The number of rotatable bonds is 7. The summed E-state index contributed by atoms with van der Waals surface area (Å²) in [5, 5.41) is 11.7. The van der Waals surface area contributed by atoms with Crippen LogP contribution in [0.25, 0.3) is 0 Å². The fourth-order valence-electron chi connectivity index (χ4n) is 2.53. The maximum Gasteiger partial charge on any atom is 0.279 e. The number of hydrogen-bond donors (Lipinski definition) is 2. The van der Waals surface area contributed by atoms with Gasteiger partial charge in [-0.25, -0.2) is 0 Å². The van der Waals surface area contributed by atoms with E-state index in [1.54, 1.807) is 38.5 Å². The molecule has 0 fully saturated rings. The molecule has 0 heterocycles. The first-order valence-electron chi connectivity index (χ1n) is 7.88. The van der Waals surface area contributed by atoms with Crippen molar-refractivity contribution in [2.75, 3.05) is 33.1 Å². The Kier molecular flexibility index (Phi) is 6.38. The third kappa shape index (κ3) is 5.23. The van der Waals surface area contributed by atoms with Crippen LogP contribution in [0.2, 0.25) is 0 Å². The van der Waals surface area contributed by atoms with Gasteiger partial charge in [-0.1, -0.05) is 6.07 Å². The molecule has 2 aromatic carbocycles. The zero-order chi connectivity index (χ0) is 18.2. The van der Waals surface area contributed by atoms with Crippen molar-refractivity contribution >= 4 is 11.6 Å². The molecule has 0 radical (unpaired) electrons. The highest BCUT2D eigenvalue weighted by molar-refractivity contribution is 5.91. The predicted molar refractivity (Wildman–Crippen MR) is 94.8 cm³/mol. The quantitative estimate of drug-likeness (QED) is 0.795. The standard InChI is InChI=1S/C19H21N3O3/c1-22(12-15-7-8-17(24-2)10-18(15)25-3)13-19(23)21-16-6-4-5-14(9-16)11-20/h4-10H,12-13H2,1-3H3,(H,21,23)/p+1. The van der Waals surface area contributed by atoms with Crippen molar-refractivity contribution < 1.29 is 19.2 Å². The largest absolute Gasteiger partial charge is 0.497 e. The van der Waals surface area contributed by atoms with Crippen molar-refractivity contribution in [1.82, 2.24) is 0 Å². The lowest BCUT2D eigenvalue weighted by molar-refractivity contribution is -0.885. The Morgan fingerprint density at radius 3 is 2.68 bits per heavy atom. The number of carbonyl (C=O) groups excluding carboxylic acids is 1. The fourth-order valence-corrected chi connectivity index (χ4v) is 2.53. The van der Waals surface area contributed by atoms with Crippen molar-refractivity contribution in [2.24, 2.45) is 0 Å². The number of amides is 1. The van der Waals surface area contributed by atoms with Crippen molar-refractivity contribution in [3.63, 3.8) is 0 Å². The molecule has 0 saturated heterocycles. The Hall–Kier alpha value is -3.04. The molecule has 0 saturated carbocycles. The van der Waals surface area contributed by atoms with Gasteiger partial charge in [-0.2, -0.15) is 5.26 Å². The number of methoxy groups -OCH3 is 2. The Morgan fingerprint density at radius 2 is 2.00 bits per heavy atom. The van der Waals surface area contributed by atoms with E-state index in [-0.39, 0.29) is 5.91 Å². The van der Waals surface area contributed by atoms with Crippen molar-refractivity contribution in [1.29, 1.82) is 5.26 Å². The molecule has 0 aliphatic carbocycles. The molecule has 1 amide bonds. The number of quaternary nitrogens is 1. The molecular formula is C19H22N3O3+. The molecule has 2 N–H and O–H groups in total. The predicted octanol–water partition coefficient (Wildman–Crippen LogP) is 1.23. The van der Waals surface area contributed by atoms with E-state index >= 15 is 0 Å². The third-order valence-electron chi connectivity index (χ3n) is 3.72. The zero-order valence-electron chi connectivity index (χ0n) is 14.6. The molecule has 130 valence electrons. The molecule has 2 rings (SSSR count). The number of carbonyl (C=O) groups is 1. The van der Waals surface area contributed by atoms with Gasteiger partial charge in [0.15, 0.2) is 6.54 Å². The van der Waals surface area contributed by atoms with Crippen molar-refractivity contribution in [2.45, 2.75) is 6.54 Å². The van der Waals surface area contributed by atoms with Crippen molar-refractivity contribution in [3.8, 4) is 17.6 Å².